The van der Waals surface area contributed by atoms with E-state index in [2.05, 4.69) is 26.0 Å². The van der Waals surface area contributed by atoms with Crippen LogP contribution in [0.5, 0.6) is 0 Å². The second-order valence-corrected chi connectivity index (χ2v) is 11.1. The fourth-order valence-corrected chi connectivity index (χ4v) is 8.28. The molecule has 0 aromatic heterocycles. The van der Waals surface area contributed by atoms with E-state index >= 15 is 0 Å². The number of hydrogen-bond donors (Lipinski definition) is 0. The lowest BCUT2D eigenvalue weighted by molar-refractivity contribution is -0.127. The minimum atomic E-state index is 0.260. The van der Waals surface area contributed by atoms with E-state index in [1.165, 1.54) is 63.5 Å². The lowest BCUT2D eigenvalue weighted by Crippen LogP contribution is -2.49. The van der Waals surface area contributed by atoms with Crippen LogP contribution in [0.3, 0.4) is 0 Å². The van der Waals surface area contributed by atoms with Gasteiger partial charge in [0, 0.05) is 12.3 Å². The molecular weight excluding hydrogens is 344 g/mol. The van der Waals surface area contributed by atoms with E-state index in [-0.39, 0.29) is 5.41 Å². The largest absolute Gasteiger partial charge is 0.495 e. The van der Waals surface area contributed by atoms with Crippen LogP contribution in [0.15, 0.2) is 23.5 Å². The van der Waals surface area contributed by atoms with Crippen LogP contribution in [0, 0.1) is 34.5 Å². The predicted molar refractivity (Wildman–Crippen MR) is 113 cm³/mol. The van der Waals surface area contributed by atoms with E-state index in [1.54, 1.807) is 5.57 Å². The van der Waals surface area contributed by atoms with Gasteiger partial charge in [0.05, 0.1) is 11.9 Å². The molecule has 5 rings (SSSR count). The molecule has 5 aliphatic carbocycles. The maximum atomic E-state index is 12.3. The average Bonchev–Trinajstić information content (AvgIpc) is 3.28. The van der Waals surface area contributed by atoms with Gasteiger partial charge in [-0.3, -0.25) is 4.79 Å². The third-order valence-corrected chi connectivity index (χ3v) is 9.84. The van der Waals surface area contributed by atoms with Crippen molar-refractivity contribution in [3.05, 3.63) is 23.5 Å². The monoisotopic (exact) mass is 382 g/mol. The van der Waals surface area contributed by atoms with Gasteiger partial charge in [-0.05, 0) is 111 Å². The minimum absolute atomic E-state index is 0.260. The fraction of sp³-hybridized carbons (Fsp3) is 0.808. The van der Waals surface area contributed by atoms with E-state index in [4.69, 9.17) is 4.74 Å². The summed E-state index contributed by atoms with van der Waals surface area (Å²) in [6, 6.07) is 0. The molecule has 0 amide bonds. The first-order valence-electron chi connectivity index (χ1n) is 12.0. The molecule has 6 atom stereocenters. The van der Waals surface area contributed by atoms with Crippen LogP contribution in [0.2, 0.25) is 0 Å². The van der Waals surface area contributed by atoms with Gasteiger partial charge in [0.15, 0.2) is 0 Å². The molecule has 0 aromatic rings. The first-order valence-corrected chi connectivity index (χ1v) is 12.0. The van der Waals surface area contributed by atoms with Crippen molar-refractivity contribution in [2.45, 2.75) is 97.5 Å². The molecule has 0 bridgehead atoms. The fourth-order valence-electron chi connectivity index (χ4n) is 8.28. The summed E-state index contributed by atoms with van der Waals surface area (Å²) in [5, 5.41) is 0. The maximum Gasteiger partial charge on any atom is 0.133 e. The van der Waals surface area contributed by atoms with Gasteiger partial charge in [0.25, 0.3) is 0 Å². The van der Waals surface area contributed by atoms with Gasteiger partial charge in [-0.2, -0.15) is 0 Å². The van der Waals surface area contributed by atoms with Gasteiger partial charge in [-0.25, -0.2) is 0 Å². The van der Waals surface area contributed by atoms with Crippen molar-refractivity contribution in [1.29, 1.82) is 0 Å². The Balaban J connectivity index is 1.39. The Hall–Kier alpha value is -1.05. The van der Waals surface area contributed by atoms with Crippen LogP contribution in [-0.4, -0.2) is 11.9 Å². The highest BCUT2D eigenvalue weighted by atomic mass is 16.5. The normalized spacial score (nSPS) is 45.5. The zero-order valence-electron chi connectivity index (χ0n) is 18.1. The summed E-state index contributed by atoms with van der Waals surface area (Å²) < 4.78 is 6.39. The summed E-state index contributed by atoms with van der Waals surface area (Å²) in [7, 11) is 0. The summed E-state index contributed by atoms with van der Waals surface area (Å²) in [5.41, 5.74) is 2.15. The van der Waals surface area contributed by atoms with E-state index in [9.17, 15) is 4.79 Å². The zero-order valence-corrected chi connectivity index (χ0v) is 18.1. The zero-order chi connectivity index (χ0) is 19.5. The van der Waals surface area contributed by atoms with Crippen molar-refractivity contribution in [3.8, 4) is 0 Å². The minimum Gasteiger partial charge on any atom is -0.495 e. The van der Waals surface area contributed by atoms with E-state index in [0.29, 0.717) is 23.2 Å². The Morgan fingerprint density at radius 2 is 1.82 bits per heavy atom. The number of hydrogen-bond acceptors (Lipinski definition) is 2. The quantitative estimate of drug-likeness (QED) is 0.549. The molecule has 0 radical (unpaired) electrons. The summed E-state index contributed by atoms with van der Waals surface area (Å²) in [6.07, 6.45) is 19.2. The summed E-state index contributed by atoms with van der Waals surface area (Å²) in [4.78, 5) is 12.3. The Kier molecular flexibility index (Phi) is 4.56. The molecule has 5 aliphatic rings. The van der Waals surface area contributed by atoms with Crippen molar-refractivity contribution in [3.63, 3.8) is 0 Å². The van der Waals surface area contributed by atoms with Crippen LogP contribution in [0.1, 0.15) is 91.4 Å². The molecule has 3 saturated carbocycles. The standard InChI is InChI=1S/C26H38O2/c1-17(27)22-10-11-23-21-9-8-18-16-20(28-19-6-4-5-7-19)12-14-25(18,2)24(21)13-15-26(22,23)3/h8,16,19,21-24H,4-7,9-15H2,1-3H3/t21-,22+,23-,24-,25+,26+/m1/s1. The van der Waals surface area contributed by atoms with Crippen molar-refractivity contribution in [2.24, 2.45) is 34.5 Å². The Labute approximate surface area is 171 Å². The highest BCUT2D eigenvalue weighted by Crippen LogP contribution is 2.66. The Morgan fingerprint density at radius 1 is 1.04 bits per heavy atom. The van der Waals surface area contributed by atoms with E-state index in [1.807, 2.05) is 6.92 Å². The summed E-state index contributed by atoms with van der Waals surface area (Å²) in [5.74, 6) is 4.33. The van der Waals surface area contributed by atoms with Gasteiger partial charge in [0.1, 0.15) is 5.78 Å². The first kappa shape index (κ1) is 18.9. The first-order chi connectivity index (χ1) is 13.4. The third kappa shape index (κ3) is 2.76. The number of carbonyl (C=O) groups is 1. The number of ketones is 1. The molecule has 0 N–H and O–H groups in total. The van der Waals surface area contributed by atoms with Crippen molar-refractivity contribution in [1.82, 2.24) is 0 Å². The second-order valence-electron chi connectivity index (χ2n) is 11.1. The molecular formula is C26H38O2. The lowest BCUT2D eigenvalue weighted by atomic mass is 9.48. The van der Waals surface area contributed by atoms with Gasteiger partial charge in [-0.1, -0.05) is 19.9 Å². The van der Waals surface area contributed by atoms with E-state index < -0.39 is 0 Å². The molecule has 28 heavy (non-hydrogen) atoms. The van der Waals surface area contributed by atoms with E-state index in [0.717, 1.165) is 30.6 Å². The topological polar surface area (TPSA) is 26.3 Å². The highest BCUT2D eigenvalue weighted by Gasteiger charge is 2.59. The van der Waals surface area contributed by atoms with Crippen molar-refractivity contribution < 1.29 is 9.53 Å². The number of ether oxygens (including phenoxy) is 1. The number of fused-ring (bicyclic) bond motifs is 5. The highest BCUT2D eigenvalue weighted by molar-refractivity contribution is 5.79. The molecule has 0 heterocycles. The molecule has 0 unspecified atom stereocenters. The van der Waals surface area contributed by atoms with Crippen LogP contribution in [0.4, 0.5) is 0 Å². The number of carbonyl (C=O) groups excluding carboxylic acids is 1. The lowest BCUT2D eigenvalue weighted by Gasteiger charge is -2.57. The maximum absolute atomic E-state index is 12.3. The van der Waals surface area contributed by atoms with Crippen molar-refractivity contribution >= 4 is 5.78 Å². The van der Waals surface area contributed by atoms with Crippen LogP contribution in [-0.2, 0) is 9.53 Å². The molecule has 0 aliphatic heterocycles. The van der Waals surface area contributed by atoms with Gasteiger partial charge in [-0.15, -0.1) is 0 Å². The number of rotatable bonds is 3. The SMILES string of the molecule is CC(=O)[C@@H]1CC[C@@H]2[C@H]3CC=C4C=C(OC5CCCC5)CC[C@]4(C)[C@@H]3CC[C@]21C. The molecule has 3 fully saturated rings. The number of Topliss-reactive ketones (excluding diaryl/α,β-unsaturated/α-hetero) is 1. The van der Waals surface area contributed by atoms with Gasteiger partial charge < -0.3 is 4.74 Å². The molecule has 0 aromatic carbocycles. The van der Waals surface area contributed by atoms with Gasteiger partial charge >= 0.3 is 0 Å². The predicted octanol–water partition coefficient (Wildman–Crippen LogP) is 6.61. The number of allylic oxidation sites excluding steroid dienone is 4. The Bertz CT molecular complexity index is 712. The molecule has 0 spiro atoms. The van der Waals surface area contributed by atoms with Crippen LogP contribution >= 0.6 is 0 Å². The smallest absolute Gasteiger partial charge is 0.133 e. The van der Waals surface area contributed by atoms with Crippen LogP contribution in [0.25, 0.3) is 0 Å². The third-order valence-electron chi connectivity index (χ3n) is 9.84. The molecule has 2 heteroatoms. The van der Waals surface area contributed by atoms with Crippen LogP contribution < -0.4 is 0 Å². The summed E-state index contributed by atoms with van der Waals surface area (Å²) >= 11 is 0. The van der Waals surface area contributed by atoms with Gasteiger partial charge in [0.2, 0.25) is 0 Å². The Morgan fingerprint density at radius 3 is 2.57 bits per heavy atom. The molecule has 2 nitrogen and oxygen atoms in total. The summed E-state index contributed by atoms with van der Waals surface area (Å²) in [6.45, 7) is 6.82. The molecule has 154 valence electrons. The average molecular weight is 383 g/mol. The second kappa shape index (κ2) is 6.74. The molecule has 0 saturated heterocycles. The van der Waals surface area contributed by atoms with Crippen molar-refractivity contribution in [2.75, 3.05) is 0 Å².